The predicted molar refractivity (Wildman–Crippen MR) is 84.1 cm³/mol. The van der Waals surface area contributed by atoms with Gasteiger partial charge >= 0.3 is 0 Å². The second-order valence-electron chi connectivity index (χ2n) is 5.06. The summed E-state index contributed by atoms with van der Waals surface area (Å²) in [6.45, 7) is 0. The molecule has 0 radical (unpaired) electrons. The topological polar surface area (TPSA) is 56.0 Å². The number of hydrogen-bond acceptors (Lipinski definition) is 2. The lowest BCUT2D eigenvalue weighted by Crippen LogP contribution is -2.10. The lowest BCUT2D eigenvalue weighted by Gasteiger charge is -2.05. The average Bonchev–Trinajstić information content (AvgIpc) is 2.53. The molecule has 0 aliphatic rings. The van der Waals surface area contributed by atoms with Gasteiger partial charge in [-0.1, -0.05) is 42.5 Å². The van der Waals surface area contributed by atoms with Gasteiger partial charge in [-0.25, -0.2) is 0 Å². The third-order valence-corrected chi connectivity index (χ3v) is 3.55. The van der Waals surface area contributed by atoms with E-state index in [-0.39, 0.29) is 0 Å². The van der Waals surface area contributed by atoms with E-state index in [0.29, 0.717) is 5.56 Å². The van der Waals surface area contributed by atoms with E-state index in [1.54, 1.807) is 12.1 Å². The number of pyridine rings is 1. The molecule has 0 aliphatic carbocycles. The summed E-state index contributed by atoms with van der Waals surface area (Å²) in [4.78, 5) is 15.9. The molecule has 3 aromatic rings. The molecule has 1 heterocycles. The Morgan fingerprint density at radius 2 is 1.71 bits per heavy atom. The van der Waals surface area contributed by atoms with Gasteiger partial charge in [0.25, 0.3) is 0 Å². The fraction of sp³-hybridized carbons (Fsp3) is 0.111. The zero-order chi connectivity index (χ0) is 14.7. The Balaban J connectivity index is 1.84. The molecule has 3 nitrogen and oxygen atoms in total. The van der Waals surface area contributed by atoms with Crippen LogP contribution in [0.5, 0.6) is 0 Å². The third-order valence-electron chi connectivity index (χ3n) is 3.55. The highest BCUT2D eigenvalue weighted by Gasteiger charge is 2.04. The fourth-order valence-corrected chi connectivity index (χ4v) is 2.37. The van der Waals surface area contributed by atoms with Crippen LogP contribution in [-0.4, -0.2) is 10.9 Å². The van der Waals surface area contributed by atoms with Crippen molar-refractivity contribution in [2.75, 3.05) is 0 Å². The van der Waals surface area contributed by atoms with Gasteiger partial charge in [0.1, 0.15) is 0 Å². The lowest BCUT2D eigenvalue weighted by atomic mass is 10.1. The van der Waals surface area contributed by atoms with Crippen molar-refractivity contribution < 1.29 is 4.79 Å². The zero-order valence-corrected chi connectivity index (χ0v) is 11.6. The number of carbonyl (C=O) groups excluding carboxylic acids is 1. The Bertz CT molecular complexity index is 782. The predicted octanol–water partition coefficient (Wildman–Crippen LogP) is 3.12. The molecule has 2 aromatic carbocycles. The van der Waals surface area contributed by atoms with E-state index >= 15 is 0 Å². The van der Waals surface area contributed by atoms with Gasteiger partial charge in [0.2, 0.25) is 5.91 Å². The molecule has 3 heteroatoms. The highest BCUT2D eigenvalue weighted by atomic mass is 16.1. The summed E-state index contributed by atoms with van der Waals surface area (Å²) < 4.78 is 0. The molecule has 0 aliphatic heterocycles. The van der Waals surface area contributed by atoms with Crippen LogP contribution >= 0.6 is 0 Å². The first-order valence-corrected chi connectivity index (χ1v) is 6.96. The molecular formula is C18H16N2O. The second kappa shape index (κ2) is 5.75. The lowest BCUT2D eigenvalue weighted by molar-refractivity contribution is 0.100. The SMILES string of the molecule is NC(=O)c1ccc2ccc(CCc3ccccc3)nc2c1. The Morgan fingerprint density at radius 3 is 2.48 bits per heavy atom. The summed E-state index contributed by atoms with van der Waals surface area (Å²) in [6, 6.07) is 19.8. The molecule has 0 unspecified atom stereocenters. The molecule has 1 amide bonds. The molecule has 2 N–H and O–H groups in total. The first-order valence-electron chi connectivity index (χ1n) is 6.96. The number of fused-ring (bicyclic) bond motifs is 1. The maximum absolute atomic E-state index is 11.2. The van der Waals surface area contributed by atoms with Gasteiger partial charge in [-0.05, 0) is 36.6 Å². The largest absolute Gasteiger partial charge is 0.366 e. The molecule has 0 fully saturated rings. The number of benzene rings is 2. The first kappa shape index (κ1) is 13.3. The number of nitrogens with zero attached hydrogens (tertiary/aromatic N) is 1. The molecule has 0 spiro atoms. The van der Waals surface area contributed by atoms with Crippen LogP contribution in [0.15, 0.2) is 60.7 Å². The van der Waals surface area contributed by atoms with Gasteiger partial charge in [0.15, 0.2) is 0 Å². The number of rotatable bonds is 4. The molecule has 1 aromatic heterocycles. The Kier molecular flexibility index (Phi) is 3.65. The number of aromatic nitrogens is 1. The van der Waals surface area contributed by atoms with Crippen molar-refractivity contribution in [3.63, 3.8) is 0 Å². The van der Waals surface area contributed by atoms with Gasteiger partial charge < -0.3 is 5.73 Å². The molecular weight excluding hydrogens is 260 g/mol. The molecule has 0 bridgehead atoms. The molecule has 21 heavy (non-hydrogen) atoms. The zero-order valence-electron chi connectivity index (χ0n) is 11.6. The standard InChI is InChI=1S/C18H16N2O/c19-18(21)15-8-7-14-9-11-16(20-17(14)12-15)10-6-13-4-2-1-3-5-13/h1-5,7-9,11-12H,6,10H2,(H2,19,21). The maximum atomic E-state index is 11.2. The van der Waals surface area contributed by atoms with Crippen molar-refractivity contribution in [3.05, 3.63) is 77.5 Å². The van der Waals surface area contributed by atoms with Crippen molar-refractivity contribution in [1.29, 1.82) is 0 Å². The summed E-state index contributed by atoms with van der Waals surface area (Å²) in [5, 5.41) is 1.02. The van der Waals surface area contributed by atoms with E-state index in [9.17, 15) is 4.79 Å². The summed E-state index contributed by atoms with van der Waals surface area (Å²) >= 11 is 0. The molecule has 3 rings (SSSR count). The van der Waals surface area contributed by atoms with Gasteiger partial charge in [0.05, 0.1) is 5.52 Å². The molecule has 0 atom stereocenters. The monoisotopic (exact) mass is 276 g/mol. The minimum Gasteiger partial charge on any atom is -0.366 e. The highest BCUT2D eigenvalue weighted by molar-refractivity contribution is 5.96. The summed E-state index contributed by atoms with van der Waals surface area (Å²) in [6.07, 6.45) is 1.83. The van der Waals surface area contributed by atoms with E-state index in [4.69, 9.17) is 5.73 Å². The average molecular weight is 276 g/mol. The number of hydrogen-bond donors (Lipinski definition) is 1. The fourth-order valence-electron chi connectivity index (χ4n) is 2.37. The van der Waals surface area contributed by atoms with Crippen LogP contribution in [0.2, 0.25) is 0 Å². The highest BCUT2D eigenvalue weighted by Crippen LogP contribution is 2.16. The van der Waals surface area contributed by atoms with Gasteiger partial charge in [-0.2, -0.15) is 0 Å². The first-order chi connectivity index (χ1) is 10.2. The van der Waals surface area contributed by atoms with Crippen molar-refractivity contribution in [1.82, 2.24) is 4.98 Å². The molecule has 0 saturated heterocycles. The van der Waals surface area contributed by atoms with Gasteiger partial charge in [-0.3, -0.25) is 9.78 Å². The molecule has 104 valence electrons. The summed E-state index contributed by atoms with van der Waals surface area (Å²) in [7, 11) is 0. The van der Waals surface area contributed by atoms with Crippen LogP contribution in [0.4, 0.5) is 0 Å². The smallest absolute Gasteiger partial charge is 0.248 e. The summed E-state index contributed by atoms with van der Waals surface area (Å²) in [5.74, 6) is -0.423. The molecule has 0 saturated carbocycles. The number of carbonyl (C=O) groups is 1. The minimum atomic E-state index is -0.423. The van der Waals surface area contributed by atoms with Crippen LogP contribution in [0.25, 0.3) is 10.9 Å². The van der Waals surface area contributed by atoms with Gasteiger partial charge in [0, 0.05) is 16.6 Å². The third kappa shape index (κ3) is 3.08. The summed E-state index contributed by atoms with van der Waals surface area (Å²) in [5.41, 5.74) is 8.94. The van der Waals surface area contributed by atoms with E-state index in [0.717, 1.165) is 29.4 Å². The van der Waals surface area contributed by atoms with E-state index in [1.165, 1.54) is 5.56 Å². The second-order valence-corrected chi connectivity index (χ2v) is 5.06. The van der Waals surface area contributed by atoms with Crippen LogP contribution in [-0.2, 0) is 12.8 Å². The van der Waals surface area contributed by atoms with Crippen LogP contribution in [0.1, 0.15) is 21.6 Å². The normalized spacial score (nSPS) is 10.7. The van der Waals surface area contributed by atoms with E-state index < -0.39 is 5.91 Å². The minimum absolute atomic E-state index is 0.423. The number of aryl methyl sites for hydroxylation is 2. The van der Waals surface area contributed by atoms with E-state index in [1.807, 2.05) is 36.4 Å². The van der Waals surface area contributed by atoms with Crippen molar-refractivity contribution in [3.8, 4) is 0 Å². The number of amides is 1. The quantitative estimate of drug-likeness (QED) is 0.796. The van der Waals surface area contributed by atoms with Gasteiger partial charge in [-0.15, -0.1) is 0 Å². The Hall–Kier alpha value is -2.68. The van der Waals surface area contributed by atoms with Crippen LogP contribution in [0, 0.1) is 0 Å². The Morgan fingerprint density at radius 1 is 0.952 bits per heavy atom. The number of primary amides is 1. The van der Waals surface area contributed by atoms with Crippen molar-refractivity contribution in [2.45, 2.75) is 12.8 Å². The Labute approximate surface area is 123 Å². The van der Waals surface area contributed by atoms with Crippen LogP contribution < -0.4 is 5.73 Å². The van der Waals surface area contributed by atoms with Crippen molar-refractivity contribution in [2.24, 2.45) is 5.73 Å². The number of nitrogens with two attached hydrogens (primary N) is 1. The van der Waals surface area contributed by atoms with Crippen LogP contribution in [0.3, 0.4) is 0 Å². The van der Waals surface area contributed by atoms with E-state index in [2.05, 4.69) is 17.1 Å². The van der Waals surface area contributed by atoms with Crippen molar-refractivity contribution >= 4 is 16.8 Å². The maximum Gasteiger partial charge on any atom is 0.248 e.